The molecule has 0 aliphatic rings. The maximum atomic E-state index is 10.2. The molecule has 1 aromatic carbocycles. The number of ether oxygens (including phenoxy) is 1. The predicted octanol–water partition coefficient (Wildman–Crippen LogP) is 2.01. The Morgan fingerprint density at radius 3 is 2.50 bits per heavy atom. The van der Waals surface area contributed by atoms with Crippen molar-refractivity contribution in [3.05, 3.63) is 47.3 Å². The molecule has 0 fully saturated rings. The number of aliphatic hydroxyl groups is 1. The van der Waals surface area contributed by atoms with Crippen LogP contribution in [-0.4, -0.2) is 22.0 Å². The molecule has 0 aliphatic heterocycles. The van der Waals surface area contributed by atoms with Gasteiger partial charge >= 0.3 is 0 Å². The van der Waals surface area contributed by atoms with Crippen molar-refractivity contribution in [1.29, 1.82) is 0 Å². The largest absolute Gasteiger partial charge is 0.497 e. The Hall–Kier alpha value is -1.81. The lowest BCUT2D eigenvalue weighted by molar-refractivity contribution is 0.175. The maximum Gasteiger partial charge on any atom is 0.118 e. The summed E-state index contributed by atoms with van der Waals surface area (Å²) in [6, 6.07) is 9.46. The van der Waals surface area contributed by atoms with Crippen LogP contribution in [0.2, 0.25) is 0 Å². The lowest BCUT2D eigenvalue weighted by atomic mass is 10.0. The molecule has 1 N–H and O–H groups in total. The van der Waals surface area contributed by atoms with E-state index in [1.807, 2.05) is 49.0 Å². The van der Waals surface area contributed by atoms with E-state index in [0.29, 0.717) is 6.42 Å². The van der Waals surface area contributed by atoms with Gasteiger partial charge in [0.25, 0.3) is 0 Å². The van der Waals surface area contributed by atoms with Crippen LogP contribution in [0, 0.1) is 6.92 Å². The summed E-state index contributed by atoms with van der Waals surface area (Å²) < 4.78 is 6.90. The van der Waals surface area contributed by atoms with Crippen molar-refractivity contribution >= 4 is 0 Å². The molecule has 96 valence electrons. The third-order valence-electron chi connectivity index (χ3n) is 3.00. The summed E-state index contributed by atoms with van der Waals surface area (Å²) in [5.74, 6) is 0.794. The Kier molecular flexibility index (Phi) is 3.67. The summed E-state index contributed by atoms with van der Waals surface area (Å²) in [7, 11) is 3.52. The number of aliphatic hydroxyl groups excluding tert-OH is 1. The van der Waals surface area contributed by atoms with Crippen LogP contribution in [0.25, 0.3) is 0 Å². The molecule has 2 aromatic rings. The molecule has 0 saturated heterocycles. The highest BCUT2D eigenvalue weighted by atomic mass is 16.5. The monoisotopic (exact) mass is 246 g/mol. The molecule has 1 aromatic heterocycles. The molecule has 0 aliphatic carbocycles. The molecule has 18 heavy (non-hydrogen) atoms. The van der Waals surface area contributed by atoms with Gasteiger partial charge in [-0.25, -0.2) is 0 Å². The Labute approximate surface area is 107 Å². The Morgan fingerprint density at radius 1 is 1.33 bits per heavy atom. The van der Waals surface area contributed by atoms with Gasteiger partial charge in [-0.05, 0) is 30.7 Å². The van der Waals surface area contributed by atoms with Gasteiger partial charge in [-0.15, -0.1) is 0 Å². The van der Waals surface area contributed by atoms with Crippen molar-refractivity contribution < 1.29 is 9.84 Å². The van der Waals surface area contributed by atoms with E-state index in [4.69, 9.17) is 4.74 Å². The highest BCUT2D eigenvalue weighted by molar-refractivity contribution is 5.29. The predicted molar refractivity (Wildman–Crippen MR) is 69.6 cm³/mol. The summed E-state index contributed by atoms with van der Waals surface area (Å²) in [6.07, 6.45) is 0.0367. The van der Waals surface area contributed by atoms with E-state index in [9.17, 15) is 5.11 Å². The fourth-order valence-corrected chi connectivity index (χ4v) is 2.00. The number of hydrogen-bond acceptors (Lipinski definition) is 3. The second kappa shape index (κ2) is 5.23. The van der Waals surface area contributed by atoms with E-state index in [-0.39, 0.29) is 0 Å². The molecule has 0 spiro atoms. The fourth-order valence-electron chi connectivity index (χ4n) is 2.00. The van der Waals surface area contributed by atoms with E-state index >= 15 is 0 Å². The van der Waals surface area contributed by atoms with Crippen molar-refractivity contribution in [3.8, 4) is 5.75 Å². The van der Waals surface area contributed by atoms with Gasteiger partial charge in [-0.1, -0.05) is 12.1 Å². The average Bonchev–Trinajstić information content (AvgIpc) is 2.68. The standard InChI is InChI=1S/C14H18N2O2/c1-10-8-12(16(2)15-10)9-14(17)11-4-6-13(18-3)7-5-11/h4-8,14,17H,9H2,1-3H3. The molecule has 0 saturated carbocycles. The van der Waals surface area contributed by atoms with E-state index in [2.05, 4.69) is 5.10 Å². The number of aromatic nitrogens is 2. The van der Waals surface area contributed by atoms with Crippen LogP contribution in [-0.2, 0) is 13.5 Å². The summed E-state index contributed by atoms with van der Waals surface area (Å²) in [6.45, 7) is 1.95. The fraction of sp³-hybridized carbons (Fsp3) is 0.357. The number of hydrogen-bond donors (Lipinski definition) is 1. The van der Waals surface area contributed by atoms with Crippen molar-refractivity contribution in [2.45, 2.75) is 19.4 Å². The molecule has 0 bridgehead atoms. The van der Waals surface area contributed by atoms with Gasteiger partial charge in [0, 0.05) is 19.2 Å². The molecule has 1 atom stereocenters. The van der Waals surface area contributed by atoms with E-state index < -0.39 is 6.10 Å². The zero-order valence-corrected chi connectivity index (χ0v) is 10.9. The van der Waals surface area contributed by atoms with Crippen LogP contribution in [0.15, 0.2) is 30.3 Å². The van der Waals surface area contributed by atoms with Gasteiger partial charge in [-0.3, -0.25) is 4.68 Å². The van der Waals surface area contributed by atoms with Gasteiger partial charge in [0.05, 0.1) is 18.9 Å². The van der Waals surface area contributed by atoms with Crippen LogP contribution < -0.4 is 4.74 Å². The molecule has 0 radical (unpaired) electrons. The third-order valence-corrected chi connectivity index (χ3v) is 3.00. The number of nitrogens with zero attached hydrogens (tertiary/aromatic N) is 2. The van der Waals surface area contributed by atoms with Crippen LogP contribution >= 0.6 is 0 Å². The Balaban J connectivity index is 2.11. The molecule has 2 rings (SSSR count). The van der Waals surface area contributed by atoms with Gasteiger partial charge in [0.2, 0.25) is 0 Å². The quantitative estimate of drug-likeness (QED) is 0.897. The Morgan fingerprint density at radius 2 is 2.00 bits per heavy atom. The summed E-state index contributed by atoms with van der Waals surface area (Å²) >= 11 is 0. The molecular formula is C14H18N2O2. The molecular weight excluding hydrogens is 228 g/mol. The smallest absolute Gasteiger partial charge is 0.118 e. The van der Waals surface area contributed by atoms with Crippen molar-refractivity contribution in [3.63, 3.8) is 0 Å². The molecule has 1 heterocycles. The molecule has 0 amide bonds. The lowest BCUT2D eigenvalue weighted by Gasteiger charge is -2.11. The van der Waals surface area contributed by atoms with Gasteiger partial charge in [0.15, 0.2) is 0 Å². The van der Waals surface area contributed by atoms with Gasteiger partial charge in [0.1, 0.15) is 5.75 Å². The SMILES string of the molecule is COc1ccc(C(O)Cc2cc(C)nn2C)cc1. The minimum absolute atomic E-state index is 0.522. The van der Waals surface area contributed by atoms with Crippen molar-refractivity contribution in [2.75, 3.05) is 7.11 Å². The maximum absolute atomic E-state index is 10.2. The van der Waals surface area contributed by atoms with Crippen LogP contribution in [0.3, 0.4) is 0 Å². The average molecular weight is 246 g/mol. The first-order chi connectivity index (χ1) is 8.60. The highest BCUT2D eigenvalue weighted by Crippen LogP contribution is 2.21. The van der Waals surface area contributed by atoms with E-state index in [1.54, 1.807) is 7.11 Å². The first-order valence-electron chi connectivity index (χ1n) is 5.91. The van der Waals surface area contributed by atoms with Crippen molar-refractivity contribution in [2.24, 2.45) is 7.05 Å². The zero-order valence-electron chi connectivity index (χ0n) is 10.9. The number of rotatable bonds is 4. The first kappa shape index (κ1) is 12.6. The zero-order chi connectivity index (χ0) is 13.1. The highest BCUT2D eigenvalue weighted by Gasteiger charge is 2.11. The van der Waals surface area contributed by atoms with Gasteiger partial charge in [-0.2, -0.15) is 5.10 Å². The number of benzene rings is 1. The Bertz CT molecular complexity index is 517. The second-order valence-corrected chi connectivity index (χ2v) is 4.39. The second-order valence-electron chi connectivity index (χ2n) is 4.39. The molecule has 4 heteroatoms. The number of methoxy groups -OCH3 is 1. The first-order valence-corrected chi connectivity index (χ1v) is 5.91. The minimum Gasteiger partial charge on any atom is -0.497 e. The lowest BCUT2D eigenvalue weighted by Crippen LogP contribution is -2.06. The van der Waals surface area contributed by atoms with E-state index in [0.717, 1.165) is 22.7 Å². The number of aryl methyl sites for hydroxylation is 2. The van der Waals surface area contributed by atoms with Crippen LogP contribution in [0.5, 0.6) is 5.75 Å². The summed E-state index contributed by atoms with van der Waals surface area (Å²) in [4.78, 5) is 0. The van der Waals surface area contributed by atoms with E-state index in [1.165, 1.54) is 0 Å². The van der Waals surface area contributed by atoms with Crippen LogP contribution in [0.1, 0.15) is 23.1 Å². The third kappa shape index (κ3) is 2.71. The summed E-state index contributed by atoms with van der Waals surface area (Å²) in [5, 5.41) is 14.5. The normalized spacial score (nSPS) is 12.4. The van der Waals surface area contributed by atoms with Crippen LogP contribution in [0.4, 0.5) is 0 Å². The van der Waals surface area contributed by atoms with Gasteiger partial charge < -0.3 is 9.84 Å². The summed E-state index contributed by atoms with van der Waals surface area (Å²) in [5.41, 5.74) is 2.87. The topological polar surface area (TPSA) is 47.3 Å². The van der Waals surface area contributed by atoms with Crippen molar-refractivity contribution in [1.82, 2.24) is 9.78 Å². The molecule has 1 unspecified atom stereocenters. The molecule has 4 nitrogen and oxygen atoms in total. The minimum atomic E-state index is -0.522.